The molecule has 0 saturated heterocycles. The van der Waals surface area contributed by atoms with Crippen LogP contribution in [0.15, 0.2) is 18.2 Å². The van der Waals surface area contributed by atoms with E-state index >= 15 is 0 Å². The summed E-state index contributed by atoms with van der Waals surface area (Å²) in [4.78, 5) is 0. The molecule has 0 spiro atoms. The first kappa shape index (κ1) is 14.9. The molecule has 1 aromatic rings. The van der Waals surface area contributed by atoms with E-state index in [1.54, 1.807) is 13.1 Å². The number of halogens is 1. The molecule has 0 amide bonds. The lowest BCUT2D eigenvalue weighted by Gasteiger charge is -2.16. The van der Waals surface area contributed by atoms with Crippen molar-refractivity contribution in [2.24, 2.45) is 0 Å². The van der Waals surface area contributed by atoms with Crippen LogP contribution in [0.25, 0.3) is 0 Å². The summed E-state index contributed by atoms with van der Waals surface area (Å²) in [6, 6.07) is 4.43. The minimum atomic E-state index is -3.02. The first-order valence-corrected chi connectivity index (χ1v) is 7.62. The fraction of sp³-hybridized carbons (Fsp3) is 0.500. The highest BCUT2D eigenvalue weighted by atomic mass is 32.2. The summed E-state index contributed by atoms with van der Waals surface area (Å²) in [6.45, 7) is 0. The molecule has 1 atom stereocenters. The zero-order valence-electron chi connectivity index (χ0n) is 10.7. The second-order valence-electron chi connectivity index (χ2n) is 4.15. The first-order chi connectivity index (χ1) is 8.37. The predicted molar refractivity (Wildman–Crippen MR) is 69.1 cm³/mol. The summed E-state index contributed by atoms with van der Waals surface area (Å²) in [5, 5.41) is 2.98. The van der Waals surface area contributed by atoms with Crippen LogP contribution in [0.4, 0.5) is 4.39 Å². The van der Waals surface area contributed by atoms with Crippen LogP contribution < -0.4 is 10.1 Å². The largest absolute Gasteiger partial charge is 0.494 e. The van der Waals surface area contributed by atoms with E-state index in [0.29, 0.717) is 12.0 Å². The minimum Gasteiger partial charge on any atom is -0.494 e. The average molecular weight is 275 g/mol. The lowest BCUT2D eigenvalue weighted by molar-refractivity contribution is 0.385. The van der Waals surface area contributed by atoms with Crippen molar-refractivity contribution in [1.29, 1.82) is 0 Å². The maximum atomic E-state index is 13.6. The Labute approximate surface area is 107 Å². The summed E-state index contributed by atoms with van der Waals surface area (Å²) < 4.78 is 40.6. The summed E-state index contributed by atoms with van der Waals surface area (Å²) in [6.07, 6.45) is 1.59. The molecule has 0 aliphatic heterocycles. The molecule has 0 fully saturated rings. The highest BCUT2D eigenvalue weighted by molar-refractivity contribution is 7.90. The van der Waals surface area contributed by atoms with E-state index in [0.717, 1.165) is 0 Å². The van der Waals surface area contributed by atoms with E-state index in [-0.39, 0.29) is 17.5 Å². The normalized spacial score (nSPS) is 13.3. The summed E-state index contributed by atoms with van der Waals surface area (Å²) in [7, 11) is 0.0988. The monoisotopic (exact) mass is 275 g/mol. The minimum absolute atomic E-state index is 0.0617. The van der Waals surface area contributed by atoms with Crippen LogP contribution in [0.3, 0.4) is 0 Å². The fourth-order valence-corrected chi connectivity index (χ4v) is 2.37. The summed E-state index contributed by atoms with van der Waals surface area (Å²) in [5.74, 6) is -0.210. The van der Waals surface area contributed by atoms with Gasteiger partial charge in [0.1, 0.15) is 9.84 Å². The number of benzene rings is 1. The Kier molecular flexibility index (Phi) is 5.10. The van der Waals surface area contributed by atoms with E-state index in [2.05, 4.69) is 5.32 Å². The highest BCUT2D eigenvalue weighted by Gasteiger charge is 2.14. The van der Waals surface area contributed by atoms with E-state index in [9.17, 15) is 12.8 Å². The SMILES string of the molecule is CNC(CCS(C)(=O)=O)c1ccc(OC)c(F)c1. The van der Waals surface area contributed by atoms with Gasteiger partial charge in [0.2, 0.25) is 0 Å². The number of sulfone groups is 1. The molecule has 0 bridgehead atoms. The lowest BCUT2D eigenvalue weighted by atomic mass is 10.0. The van der Waals surface area contributed by atoms with Crippen molar-refractivity contribution in [3.63, 3.8) is 0 Å². The van der Waals surface area contributed by atoms with Gasteiger partial charge in [-0.05, 0) is 31.2 Å². The van der Waals surface area contributed by atoms with E-state index in [4.69, 9.17) is 4.74 Å². The van der Waals surface area contributed by atoms with Crippen LogP contribution in [-0.2, 0) is 9.84 Å². The van der Waals surface area contributed by atoms with Crippen molar-refractivity contribution in [1.82, 2.24) is 5.32 Å². The van der Waals surface area contributed by atoms with Gasteiger partial charge in [-0.1, -0.05) is 6.07 Å². The molecule has 102 valence electrons. The second-order valence-corrected chi connectivity index (χ2v) is 6.41. The van der Waals surface area contributed by atoms with Gasteiger partial charge in [0.05, 0.1) is 12.9 Å². The van der Waals surface area contributed by atoms with Crippen molar-refractivity contribution in [3.05, 3.63) is 29.6 Å². The van der Waals surface area contributed by atoms with Crippen molar-refractivity contribution >= 4 is 9.84 Å². The maximum Gasteiger partial charge on any atom is 0.165 e. The van der Waals surface area contributed by atoms with Crippen LogP contribution in [0, 0.1) is 5.82 Å². The average Bonchev–Trinajstić information content (AvgIpc) is 2.28. The van der Waals surface area contributed by atoms with Gasteiger partial charge < -0.3 is 10.1 Å². The Bertz CT molecular complexity index is 502. The van der Waals surface area contributed by atoms with Crippen molar-refractivity contribution in [2.75, 3.05) is 26.2 Å². The van der Waals surface area contributed by atoms with E-state index in [1.807, 2.05) is 0 Å². The van der Waals surface area contributed by atoms with Crippen LogP contribution >= 0.6 is 0 Å². The van der Waals surface area contributed by atoms with Crippen LogP contribution in [0.1, 0.15) is 18.0 Å². The van der Waals surface area contributed by atoms with E-state index < -0.39 is 15.7 Å². The predicted octanol–water partition coefficient (Wildman–Crippen LogP) is 1.53. The number of nitrogens with one attached hydrogen (secondary N) is 1. The molecular weight excluding hydrogens is 257 g/mol. The quantitative estimate of drug-likeness (QED) is 0.855. The van der Waals surface area contributed by atoms with Crippen LogP contribution in [0.5, 0.6) is 5.75 Å². The molecule has 6 heteroatoms. The molecule has 0 radical (unpaired) electrons. The van der Waals surface area contributed by atoms with Gasteiger partial charge in [0.25, 0.3) is 0 Å². The van der Waals surface area contributed by atoms with Crippen molar-refractivity contribution in [2.45, 2.75) is 12.5 Å². The summed E-state index contributed by atoms with van der Waals surface area (Å²) in [5.41, 5.74) is 0.708. The highest BCUT2D eigenvalue weighted by Crippen LogP contribution is 2.23. The Morgan fingerprint density at radius 3 is 2.56 bits per heavy atom. The third-order valence-corrected chi connectivity index (χ3v) is 3.68. The Morgan fingerprint density at radius 1 is 1.44 bits per heavy atom. The van der Waals surface area contributed by atoms with E-state index in [1.165, 1.54) is 25.5 Å². The number of hydrogen-bond donors (Lipinski definition) is 1. The van der Waals surface area contributed by atoms with Gasteiger partial charge in [-0.15, -0.1) is 0 Å². The molecule has 0 saturated carbocycles. The molecule has 0 aliphatic rings. The number of methoxy groups -OCH3 is 1. The zero-order chi connectivity index (χ0) is 13.8. The maximum absolute atomic E-state index is 13.6. The Hall–Kier alpha value is -1.14. The number of hydrogen-bond acceptors (Lipinski definition) is 4. The van der Waals surface area contributed by atoms with Crippen LogP contribution in [0.2, 0.25) is 0 Å². The third-order valence-electron chi connectivity index (χ3n) is 2.70. The molecule has 4 nitrogen and oxygen atoms in total. The molecule has 1 unspecified atom stereocenters. The standard InChI is InChI=1S/C12H18FNO3S/c1-14-11(6-7-18(3,15)16)9-4-5-12(17-2)10(13)8-9/h4-5,8,11,14H,6-7H2,1-3H3. The van der Waals surface area contributed by atoms with Gasteiger partial charge >= 0.3 is 0 Å². The number of rotatable bonds is 6. The van der Waals surface area contributed by atoms with Gasteiger partial charge in [-0.25, -0.2) is 12.8 Å². The fourth-order valence-electron chi connectivity index (χ4n) is 1.71. The number of ether oxygens (including phenoxy) is 1. The van der Waals surface area contributed by atoms with Crippen molar-refractivity contribution in [3.8, 4) is 5.75 Å². The summed E-state index contributed by atoms with van der Waals surface area (Å²) >= 11 is 0. The van der Waals surface area contributed by atoms with Crippen LogP contribution in [-0.4, -0.2) is 34.6 Å². The molecule has 1 N–H and O–H groups in total. The van der Waals surface area contributed by atoms with Gasteiger partial charge in [0, 0.05) is 12.3 Å². The third kappa shape index (κ3) is 4.27. The molecule has 18 heavy (non-hydrogen) atoms. The molecule has 1 rings (SSSR count). The molecule has 0 aromatic heterocycles. The van der Waals surface area contributed by atoms with Gasteiger partial charge in [-0.3, -0.25) is 0 Å². The first-order valence-electron chi connectivity index (χ1n) is 5.56. The molecule has 1 aromatic carbocycles. The Morgan fingerprint density at radius 2 is 2.11 bits per heavy atom. The second kappa shape index (κ2) is 6.15. The van der Waals surface area contributed by atoms with Gasteiger partial charge in [0.15, 0.2) is 11.6 Å². The molecular formula is C12H18FNO3S. The molecule has 0 heterocycles. The van der Waals surface area contributed by atoms with Gasteiger partial charge in [-0.2, -0.15) is 0 Å². The topological polar surface area (TPSA) is 55.4 Å². The lowest BCUT2D eigenvalue weighted by Crippen LogP contribution is -2.20. The van der Waals surface area contributed by atoms with Crippen molar-refractivity contribution < 1.29 is 17.5 Å². The Balaban J connectivity index is 2.85. The zero-order valence-corrected chi connectivity index (χ0v) is 11.6. The molecule has 0 aliphatic carbocycles. The smallest absolute Gasteiger partial charge is 0.165 e.